The molecule has 2 heterocycles. The van der Waals surface area contributed by atoms with Crippen molar-refractivity contribution in [2.24, 2.45) is 0 Å². The maximum atomic E-state index is 11.9. The fraction of sp³-hybridized carbons (Fsp3) is 0.786. The number of amides is 3. The molecule has 0 aromatic rings. The Balaban J connectivity index is 1.74. The minimum Gasteiger partial charge on any atom is -0.333 e. The molecule has 0 bridgehead atoms. The predicted molar refractivity (Wildman–Crippen MR) is 77.5 cm³/mol. The molecule has 7 nitrogen and oxygen atoms in total. The van der Waals surface area contributed by atoms with Gasteiger partial charge in [-0.2, -0.15) is 0 Å². The Bertz CT molecular complexity index is 409. The molecular weight excluding hydrogens is 272 g/mol. The second kappa shape index (κ2) is 7.51. The minimum atomic E-state index is -0.390. The average molecular weight is 296 g/mol. The molecule has 0 aliphatic carbocycles. The summed E-state index contributed by atoms with van der Waals surface area (Å²) < 4.78 is 0. The molecule has 2 aliphatic rings. The van der Waals surface area contributed by atoms with Gasteiger partial charge in [0.1, 0.15) is 0 Å². The summed E-state index contributed by atoms with van der Waals surface area (Å²) in [5.74, 6) is -0.684. The van der Waals surface area contributed by atoms with Crippen molar-refractivity contribution in [1.82, 2.24) is 20.4 Å². The maximum absolute atomic E-state index is 11.9. The lowest BCUT2D eigenvalue weighted by Crippen LogP contribution is -2.59. The quantitative estimate of drug-likeness (QED) is 0.625. The van der Waals surface area contributed by atoms with Gasteiger partial charge in [0.25, 0.3) is 0 Å². The molecule has 0 spiro atoms. The van der Waals surface area contributed by atoms with E-state index in [9.17, 15) is 14.4 Å². The van der Waals surface area contributed by atoms with Crippen LogP contribution in [0.2, 0.25) is 0 Å². The first kappa shape index (κ1) is 15.9. The van der Waals surface area contributed by atoms with E-state index in [4.69, 9.17) is 0 Å². The molecule has 0 radical (unpaired) electrons. The summed E-state index contributed by atoms with van der Waals surface area (Å²) in [4.78, 5) is 38.8. The second-order valence-corrected chi connectivity index (χ2v) is 5.67. The smallest absolute Gasteiger partial charge is 0.246 e. The van der Waals surface area contributed by atoms with Gasteiger partial charge in [-0.1, -0.05) is 6.92 Å². The van der Waals surface area contributed by atoms with E-state index in [1.165, 1.54) is 4.90 Å². The van der Waals surface area contributed by atoms with Gasteiger partial charge >= 0.3 is 0 Å². The highest BCUT2D eigenvalue weighted by Gasteiger charge is 2.27. The number of nitrogens with one attached hydrogen (secondary N) is 2. The molecule has 2 saturated heterocycles. The first-order chi connectivity index (χ1) is 10.1. The third-order valence-electron chi connectivity index (χ3n) is 3.92. The van der Waals surface area contributed by atoms with Crippen LogP contribution in [-0.2, 0) is 14.4 Å². The number of likely N-dealkylation sites (tertiary alicyclic amines) is 1. The van der Waals surface area contributed by atoms with E-state index in [0.717, 1.165) is 32.5 Å². The van der Waals surface area contributed by atoms with Crippen LogP contribution in [0.4, 0.5) is 0 Å². The number of nitrogens with zero attached hydrogens (tertiary/aromatic N) is 2. The Hall–Kier alpha value is -1.47. The largest absolute Gasteiger partial charge is 0.333 e. The number of carbonyl (C=O) groups excluding carboxylic acids is 3. The lowest BCUT2D eigenvalue weighted by atomic mass is 10.1. The summed E-state index contributed by atoms with van der Waals surface area (Å²) in [5.41, 5.74) is 0. The van der Waals surface area contributed by atoms with Crippen molar-refractivity contribution in [3.05, 3.63) is 0 Å². The monoisotopic (exact) mass is 296 g/mol. The lowest BCUT2D eigenvalue weighted by molar-refractivity contribution is -0.136. The van der Waals surface area contributed by atoms with E-state index in [1.807, 2.05) is 0 Å². The van der Waals surface area contributed by atoms with Crippen LogP contribution in [0.1, 0.15) is 26.2 Å². The zero-order valence-corrected chi connectivity index (χ0v) is 12.6. The number of imide groups is 1. The van der Waals surface area contributed by atoms with E-state index < -0.39 is 5.91 Å². The summed E-state index contributed by atoms with van der Waals surface area (Å²) in [7, 11) is 0. The van der Waals surface area contributed by atoms with E-state index in [2.05, 4.69) is 22.5 Å². The summed E-state index contributed by atoms with van der Waals surface area (Å²) in [6.45, 7) is 5.53. The van der Waals surface area contributed by atoms with Crippen molar-refractivity contribution in [2.45, 2.75) is 32.2 Å². The molecule has 0 aromatic carbocycles. The summed E-state index contributed by atoms with van der Waals surface area (Å²) in [6, 6.07) is 0.381. The van der Waals surface area contributed by atoms with Crippen LogP contribution in [0.25, 0.3) is 0 Å². The van der Waals surface area contributed by atoms with Crippen molar-refractivity contribution in [2.75, 3.05) is 39.3 Å². The summed E-state index contributed by atoms with van der Waals surface area (Å²) in [5, 5.41) is 5.57. The zero-order valence-electron chi connectivity index (χ0n) is 12.6. The highest BCUT2D eigenvalue weighted by atomic mass is 16.2. The summed E-state index contributed by atoms with van der Waals surface area (Å²) in [6.07, 6.45) is 2.26. The molecular formula is C14H24N4O3. The number of hydrogen-bond acceptors (Lipinski definition) is 5. The van der Waals surface area contributed by atoms with Gasteiger partial charge in [0.2, 0.25) is 17.7 Å². The first-order valence-corrected chi connectivity index (χ1v) is 7.65. The molecule has 2 aliphatic heterocycles. The van der Waals surface area contributed by atoms with Gasteiger partial charge in [-0.05, 0) is 19.4 Å². The van der Waals surface area contributed by atoms with Crippen LogP contribution in [0.15, 0.2) is 0 Å². The normalized spacial score (nSPS) is 19.0. The van der Waals surface area contributed by atoms with Crippen molar-refractivity contribution in [3.8, 4) is 0 Å². The van der Waals surface area contributed by atoms with Crippen molar-refractivity contribution >= 4 is 17.7 Å². The molecule has 2 N–H and O–H groups in total. The molecule has 21 heavy (non-hydrogen) atoms. The Morgan fingerprint density at radius 1 is 1.38 bits per heavy atom. The predicted octanol–water partition coefficient (Wildman–Crippen LogP) is -1.06. The van der Waals surface area contributed by atoms with Gasteiger partial charge in [0.15, 0.2) is 0 Å². The SMILES string of the molecule is CCCN(CC(=O)NC(=O)CN1CCCC1=O)C1CNC1. The van der Waals surface area contributed by atoms with Gasteiger partial charge in [-0.15, -0.1) is 0 Å². The van der Waals surface area contributed by atoms with E-state index in [1.54, 1.807) is 0 Å². The number of rotatable bonds is 7. The Morgan fingerprint density at radius 3 is 2.67 bits per heavy atom. The Morgan fingerprint density at radius 2 is 2.14 bits per heavy atom. The highest BCUT2D eigenvalue weighted by Crippen LogP contribution is 2.08. The van der Waals surface area contributed by atoms with Gasteiger partial charge in [0, 0.05) is 32.1 Å². The van der Waals surface area contributed by atoms with Crippen molar-refractivity contribution in [3.63, 3.8) is 0 Å². The molecule has 3 amide bonds. The fourth-order valence-electron chi connectivity index (χ4n) is 2.67. The van der Waals surface area contributed by atoms with Crippen LogP contribution in [0, 0.1) is 0 Å². The molecule has 118 valence electrons. The van der Waals surface area contributed by atoms with Gasteiger partial charge in [0.05, 0.1) is 13.1 Å². The van der Waals surface area contributed by atoms with Gasteiger partial charge in [-0.3, -0.25) is 24.6 Å². The third-order valence-corrected chi connectivity index (χ3v) is 3.92. The first-order valence-electron chi connectivity index (χ1n) is 7.65. The van der Waals surface area contributed by atoms with Crippen molar-refractivity contribution < 1.29 is 14.4 Å². The third kappa shape index (κ3) is 4.50. The van der Waals surface area contributed by atoms with Crippen LogP contribution < -0.4 is 10.6 Å². The molecule has 0 saturated carbocycles. The zero-order chi connectivity index (χ0) is 15.2. The van der Waals surface area contributed by atoms with Crippen LogP contribution in [0.5, 0.6) is 0 Å². The van der Waals surface area contributed by atoms with Crippen LogP contribution >= 0.6 is 0 Å². The molecule has 2 rings (SSSR count). The second-order valence-electron chi connectivity index (χ2n) is 5.67. The molecule has 0 unspecified atom stereocenters. The lowest BCUT2D eigenvalue weighted by Gasteiger charge is -2.37. The van der Waals surface area contributed by atoms with Crippen molar-refractivity contribution in [1.29, 1.82) is 0 Å². The highest BCUT2D eigenvalue weighted by molar-refractivity contribution is 5.98. The van der Waals surface area contributed by atoms with Crippen LogP contribution in [0.3, 0.4) is 0 Å². The number of hydrogen-bond donors (Lipinski definition) is 2. The average Bonchev–Trinajstić information content (AvgIpc) is 2.72. The molecule has 0 atom stereocenters. The molecule has 7 heteroatoms. The maximum Gasteiger partial charge on any atom is 0.246 e. The molecule has 0 aromatic heterocycles. The Kier molecular flexibility index (Phi) is 5.69. The van der Waals surface area contributed by atoms with Crippen LogP contribution in [-0.4, -0.2) is 72.8 Å². The fourth-order valence-corrected chi connectivity index (χ4v) is 2.67. The molecule has 2 fully saturated rings. The Labute approximate surface area is 125 Å². The standard InChI is InChI=1S/C14H24N4O3/c1-2-5-17(11-7-15-8-11)9-12(19)16-13(20)10-18-6-3-4-14(18)21/h11,15H,2-10H2,1H3,(H,16,19,20). The van der Waals surface area contributed by atoms with Gasteiger partial charge in [-0.25, -0.2) is 0 Å². The number of carbonyl (C=O) groups is 3. The van der Waals surface area contributed by atoms with E-state index in [-0.39, 0.29) is 24.9 Å². The van der Waals surface area contributed by atoms with E-state index in [0.29, 0.717) is 19.0 Å². The van der Waals surface area contributed by atoms with Gasteiger partial charge < -0.3 is 10.2 Å². The van der Waals surface area contributed by atoms with E-state index >= 15 is 0 Å². The summed E-state index contributed by atoms with van der Waals surface area (Å²) >= 11 is 0. The topological polar surface area (TPSA) is 81.8 Å². The minimum absolute atomic E-state index is 0.00856.